The topological polar surface area (TPSA) is 675 Å². The standard InChI is InChI=1S/C81H150N9O41P.C2H6/c1-56(94)86-68-74(104)71(101)61(53-91)129-79(68)125-50-47-122-44-41-118-35-30-113-25-16-65(98)83-20-10-7-13-59(77(107)85-22-28-116-33-38-121-40-39-117-34-29-112-24-15-64(97)82-19-9-5-6-12-23-128-132(109,110)111-4)90-78(108)60(89-67(100)18-27-115-32-37-120-43-46-124-49-52-127-81-70(88-58(3)96)76(106)73(103)63(55-93)131-81)14-8-11-21-84-66(99)17-26-114-31-36-119-42-45-123-48-51-126-80-69(87-57(2)95)75(105)72(102)62(54-92)130-80;1-2/h59-63,68-76,79-81,91-93,101-106H,5-55H2,1-4H3,(H,82,97)(H,83,98)(H,84,99)(H,85,107)(H,86,94)(H,87,95)(H,88,96)(H,89,100)(H,90,108)(H,109,110);1-2H3/t59-,60-,61?,62?,63?,68?,69?,70?,71?,72?,73?,74?,75?,76?,79?,80?,81?;/m0./s1. The summed E-state index contributed by atoms with van der Waals surface area (Å²) in [6.07, 6.45) is -11.1. The van der Waals surface area contributed by atoms with Crippen LogP contribution >= 0.6 is 7.82 Å². The van der Waals surface area contributed by atoms with Gasteiger partial charge in [0.25, 0.3) is 0 Å². The monoisotopic (exact) mass is 1970 g/mol. The minimum Gasteiger partial charge on any atom is -0.394 e. The summed E-state index contributed by atoms with van der Waals surface area (Å²) in [6, 6.07) is -5.58. The molecule has 16 unspecified atom stereocenters. The summed E-state index contributed by atoms with van der Waals surface area (Å²) in [4.78, 5) is 124. The van der Waals surface area contributed by atoms with Crippen LogP contribution in [0.1, 0.15) is 125 Å². The van der Waals surface area contributed by atoms with Crippen LogP contribution in [0.15, 0.2) is 0 Å². The number of carbonyl (C=O) groups is 9. The molecule has 0 bridgehead atoms. The second-order valence-electron chi connectivity index (χ2n) is 30.3. The summed E-state index contributed by atoms with van der Waals surface area (Å²) in [5.41, 5.74) is 0. The molecular weight excluding hydrogens is 1810 g/mol. The first kappa shape index (κ1) is 124. The molecule has 19 N–H and O–H groups in total. The van der Waals surface area contributed by atoms with Crippen molar-refractivity contribution in [1.29, 1.82) is 0 Å². The van der Waals surface area contributed by atoms with Crippen LogP contribution in [-0.4, -0.2) is 459 Å². The normalized spacial score (nSPS) is 22.6. The van der Waals surface area contributed by atoms with Gasteiger partial charge < -0.3 is 189 Å². The van der Waals surface area contributed by atoms with Crippen molar-refractivity contribution in [3.63, 3.8) is 0 Å². The molecular formula is C83H156N9O41P. The maximum Gasteiger partial charge on any atom is 0.471 e. The molecule has 3 fully saturated rings. The van der Waals surface area contributed by atoms with Crippen LogP contribution in [0.4, 0.5) is 0 Å². The van der Waals surface area contributed by atoms with Gasteiger partial charge in [-0.2, -0.15) is 0 Å². The van der Waals surface area contributed by atoms with Gasteiger partial charge in [-0.15, -0.1) is 0 Å². The molecule has 18 atom stereocenters. The number of ether oxygens (including phenoxy) is 19. The highest BCUT2D eigenvalue weighted by molar-refractivity contribution is 7.47. The number of aliphatic hydroxyl groups is 9. The van der Waals surface area contributed by atoms with Crippen molar-refractivity contribution in [2.45, 2.75) is 229 Å². The third-order valence-corrected chi connectivity index (χ3v) is 20.7. The number of unbranched alkanes of at least 4 members (excludes halogenated alkanes) is 5. The van der Waals surface area contributed by atoms with Crippen molar-refractivity contribution in [2.24, 2.45) is 0 Å². The third-order valence-electron chi connectivity index (χ3n) is 19.7. The van der Waals surface area contributed by atoms with Gasteiger partial charge in [0, 0.05) is 79.7 Å². The number of phosphoric ester groups is 1. The second kappa shape index (κ2) is 79.9. The lowest BCUT2D eigenvalue weighted by molar-refractivity contribution is -0.272. The van der Waals surface area contributed by atoms with Crippen molar-refractivity contribution in [3.05, 3.63) is 0 Å². The molecule has 0 aromatic rings. The molecule has 0 spiro atoms. The van der Waals surface area contributed by atoms with Crippen LogP contribution in [0.2, 0.25) is 0 Å². The first-order valence-electron chi connectivity index (χ1n) is 45.9. The van der Waals surface area contributed by atoms with Gasteiger partial charge in [0.1, 0.15) is 85.1 Å². The molecule has 0 saturated carbocycles. The molecule has 134 heavy (non-hydrogen) atoms. The minimum absolute atomic E-state index is 0.0126. The summed E-state index contributed by atoms with van der Waals surface area (Å²) < 4.78 is 126. The number of phosphoric acid groups is 1. The van der Waals surface area contributed by atoms with Crippen molar-refractivity contribution in [2.75, 3.05) is 251 Å². The van der Waals surface area contributed by atoms with Crippen molar-refractivity contribution < 1.29 is 198 Å². The maximum atomic E-state index is 14.4. The molecule has 0 radical (unpaired) electrons. The highest BCUT2D eigenvalue weighted by Crippen LogP contribution is 2.42. The SMILES string of the molecule is CC.COP(=O)(O)OCCCCCCNC(=O)CCOCCOCCOCCOCCNC(=O)[C@H](CCCCNC(=O)CCOCCOCCOCCOC1OC(CO)C(O)C(O)C1NC(C)=O)NC(=O)[C@H](CCCCNC(=O)CCOCCOCCOCCOC1OC(CO)C(O)C(O)C1NC(C)=O)NC(=O)CCOCCOCCOCCOC1OC(CO)C(O)C(O)C1NC(C)=O. The fraction of sp³-hybridized carbons (Fsp3) is 0.892. The smallest absolute Gasteiger partial charge is 0.394 e. The largest absolute Gasteiger partial charge is 0.471 e. The molecule has 0 aliphatic carbocycles. The van der Waals surface area contributed by atoms with Gasteiger partial charge in [0.15, 0.2) is 18.9 Å². The number of nitrogens with one attached hydrogen (secondary N) is 9. The molecule has 3 heterocycles. The van der Waals surface area contributed by atoms with Gasteiger partial charge in [-0.1, -0.05) is 26.7 Å². The molecule has 0 aromatic heterocycles. The third kappa shape index (κ3) is 59.6. The maximum absolute atomic E-state index is 14.4. The van der Waals surface area contributed by atoms with Crippen LogP contribution in [0, 0.1) is 0 Å². The van der Waals surface area contributed by atoms with E-state index in [1.54, 1.807) is 0 Å². The summed E-state index contributed by atoms with van der Waals surface area (Å²) in [6.45, 7) is 10.9. The Morgan fingerprint density at radius 1 is 0.313 bits per heavy atom. The van der Waals surface area contributed by atoms with Crippen LogP contribution in [0.25, 0.3) is 0 Å². The van der Waals surface area contributed by atoms with Crippen molar-refractivity contribution in [1.82, 2.24) is 47.9 Å². The van der Waals surface area contributed by atoms with E-state index >= 15 is 0 Å². The van der Waals surface area contributed by atoms with E-state index in [0.29, 0.717) is 38.6 Å². The van der Waals surface area contributed by atoms with E-state index < -0.39 is 167 Å². The second-order valence-corrected chi connectivity index (χ2v) is 31.8. The first-order chi connectivity index (χ1) is 64.7. The molecule has 3 aliphatic heterocycles. The Kier molecular flexibility index (Phi) is 74.2. The zero-order valence-electron chi connectivity index (χ0n) is 78.5. The quantitative estimate of drug-likeness (QED) is 0.0199. The number of carbonyl (C=O) groups excluding carboxylic acids is 9. The Hall–Kier alpha value is -5.78. The molecule has 51 heteroatoms. The van der Waals surface area contributed by atoms with Crippen LogP contribution in [0.3, 0.4) is 0 Å². The Morgan fingerprint density at radius 2 is 0.582 bits per heavy atom. The van der Waals surface area contributed by atoms with E-state index in [1.165, 1.54) is 20.8 Å². The summed E-state index contributed by atoms with van der Waals surface area (Å²) >= 11 is 0. The lowest BCUT2D eigenvalue weighted by Gasteiger charge is -2.42. The Balaban J connectivity index is 0.0000302. The highest BCUT2D eigenvalue weighted by Gasteiger charge is 2.48. The number of hydrogen-bond acceptors (Lipinski definition) is 40. The van der Waals surface area contributed by atoms with Gasteiger partial charge in [0.05, 0.1) is 218 Å². The molecule has 3 rings (SSSR count). The van der Waals surface area contributed by atoms with E-state index in [9.17, 15) is 98.6 Å². The molecule has 784 valence electrons. The number of amides is 9. The fourth-order valence-electron chi connectivity index (χ4n) is 12.7. The lowest BCUT2D eigenvalue weighted by atomic mass is 9.97. The van der Waals surface area contributed by atoms with E-state index in [-0.39, 0.29) is 274 Å². The number of hydrogen-bond donors (Lipinski definition) is 19. The summed E-state index contributed by atoms with van der Waals surface area (Å²) in [5.74, 6) is -4.02. The number of rotatable bonds is 83. The van der Waals surface area contributed by atoms with Crippen molar-refractivity contribution >= 4 is 61.0 Å². The lowest BCUT2D eigenvalue weighted by Crippen LogP contribution is -2.64. The molecule has 50 nitrogen and oxygen atoms in total. The van der Waals surface area contributed by atoms with Crippen molar-refractivity contribution in [3.8, 4) is 0 Å². The highest BCUT2D eigenvalue weighted by atomic mass is 31.2. The van der Waals surface area contributed by atoms with E-state index in [1.807, 2.05) is 13.8 Å². The Labute approximate surface area is 783 Å². The van der Waals surface area contributed by atoms with Gasteiger partial charge in [0.2, 0.25) is 53.2 Å². The fourth-order valence-corrected chi connectivity index (χ4v) is 13.2. The van der Waals surface area contributed by atoms with Gasteiger partial charge >= 0.3 is 7.82 Å². The van der Waals surface area contributed by atoms with Gasteiger partial charge in [-0.3, -0.25) is 52.2 Å². The van der Waals surface area contributed by atoms with E-state index in [2.05, 4.69) is 52.4 Å². The van der Waals surface area contributed by atoms with Crippen LogP contribution < -0.4 is 47.9 Å². The number of aliphatic hydroxyl groups excluding tert-OH is 9. The Bertz CT molecular complexity index is 3110. The minimum atomic E-state index is -3.98. The van der Waals surface area contributed by atoms with Crippen LogP contribution in [0.5, 0.6) is 0 Å². The summed E-state index contributed by atoms with van der Waals surface area (Å²) in [5, 5.41) is 115. The van der Waals surface area contributed by atoms with E-state index in [4.69, 9.17) is 94.5 Å². The zero-order chi connectivity index (χ0) is 98.8. The van der Waals surface area contributed by atoms with Gasteiger partial charge in [-0.25, -0.2) is 4.57 Å². The summed E-state index contributed by atoms with van der Waals surface area (Å²) in [7, 11) is -2.89. The average Bonchev–Trinajstić information content (AvgIpc) is 0.816. The zero-order valence-corrected chi connectivity index (χ0v) is 79.3. The van der Waals surface area contributed by atoms with Crippen LogP contribution in [-0.2, 0) is 147 Å². The molecule has 3 saturated heterocycles. The van der Waals surface area contributed by atoms with E-state index in [0.717, 1.165) is 26.4 Å². The predicted octanol–water partition coefficient (Wildman–Crippen LogP) is -6.23. The predicted molar refractivity (Wildman–Crippen MR) is 469 cm³/mol. The van der Waals surface area contributed by atoms with Gasteiger partial charge in [-0.05, 0) is 51.4 Å². The Morgan fingerprint density at radius 3 is 0.881 bits per heavy atom. The molecule has 0 aromatic carbocycles. The average molecular weight is 1970 g/mol. The molecule has 9 amide bonds. The first-order valence-corrected chi connectivity index (χ1v) is 47.4. The molecule has 3 aliphatic rings.